The van der Waals surface area contributed by atoms with Gasteiger partial charge in [-0.25, -0.2) is 0 Å². The fourth-order valence-electron chi connectivity index (χ4n) is 3.40. The van der Waals surface area contributed by atoms with Crippen LogP contribution in [0.4, 0.5) is 17.1 Å². The SMILES string of the molecule is COc1cc2c(c(O)c1OC)[C@H](C)N(C)CC2.O=[N+]([O-])c1cc([N+](=O)[O-])c(O)c([N+](=O)[O-])c1. The lowest BCUT2D eigenvalue weighted by Crippen LogP contribution is -2.30. The van der Waals surface area contributed by atoms with Crippen LogP contribution in [-0.2, 0) is 6.42 Å². The number of rotatable bonds is 5. The molecule has 14 heteroatoms. The molecule has 0 amide bonds. The summed E-state index contributed by atoms with van der Waals surface area (Å²) in [5.74, 6) is 0.0235. The molecular weight excluding hydrogens is 444 g/mol. The Morgan fingerprint density at radius 2 is 1.48 bits per heavy atom. The van der Waals surface area contributed by atoms with Crippen molar-refractivity contribution in [1.29, 1.82) is 0 Å². The minimum Gasteiger partial charge on any atom is -0.504 e. The summed E-state index contributed by atoms with van der Waals surface area (Å²) in [5.41, 5.74) is -0.903. The molecule has 1 atom stereocenters. The average molecular weight is 466 g/mol. The summed E-state index contributed by atoms with van der Waals surface area (Å²) in [5, 5.41) is 50.5. The number of nitro groups is 3. The van der Waals surface area contributed by atoms with Crippen LogP contribution in [0.25, 0.3) is 0 Å². The van der Waals surface area contributed by atoms with Gasteiger partial charge in [-0.05, 0) is 32.0 Å². The second-order valence-electron chi connectivity index (χ2n) is 7.04. The molecule has 0 unspecified atom stereocenters. The highest BCUT2D eigenvalue weighted by Gasteiger charge is 2.30. The lowest BCUT2D eigenvalue weighted by atomic mass is 9.92. The number of non-ortho nitro benzene ring substituents is 1. The highest BCUT2D eigenvalue weighted by molar-refractivity contribution is 5.64. The maximum atomic E-state index is 10.4. The van der Waals surface area contributed by atoms with Gasteiger partial charge in [0.05, 0.1) is 41.1 Å². The molecular formula is C19H22N4O10. The van der Waals surface area contributed by atoms with E-state index in [-0.39, 0.29) is 11.8 Å². The molecule has 0 aliphatic carbocycles. The van der Waals surface area contributed by atoms with E-state index in [9.17, 15) is 35.4 Å². The second kappa shape index (κ2) is 9.95. The number of hydrogen-bond donors (Lipinski definition) is 2. The van der Waals surface area contributed by atoms with Gasteiger partial charge in [0.2, 0.25) is 5.75 Å². The summed E-state index contributed by atoms with van der Waals surface area (Å²) in [6, 6.07) is 3.06. The second-order valence-corrected chi connectivity index (χ2v) is 7.04. The first-order valence-electron chi connectivity index (χ1n) is 9.41. The van der Waals surface area contributed by atoms with Gasteiger partial charge in [-0.15, -0.1) is 0 Å². The van der Waals surface area contributed by atoms with E-state index in [1.807, 2.05) is 6.07 Å². The van der Waals surface area contributed by atoms with E-state index in [2.05, 4.69) is 18.9 Å². The van der Waals surface area contributed by atoms with Gasteiger partial charge in [-0.2, -0.15) is 0 Å². The van der Waals surface area contributed by atoms with Crippen LogP contribution in [0.15, 0.2) is 18.2 Å². The van der Waals surface area contributed by atoms with Gasteiger partial charge in [0.25, 0.3) is 11.4 Å². The van der Waals surface area contributed by atoms with E-state index in [0.717, 1.165) is 24.1 Å². The van der Waals surface area contributed by atoms with Gasteiger partial charge in [0.1, 0.15) is 0 Å². The zero-order valence-corrected chi connectivity index (χ0v) is 18.2. The predicted octanol–water partition coefficient (Wildman–Crippen LogP) is 3.08. The van der Waals surface area contributed by atoms with Crippen molar-refractivity contribution >= 4 is 17.1 Å². The molecule has 0 saturated heterocycles. The highest BCUT2D eigenvalue weighted by atomic mass is 16.6. The number of likely N-dealkylation sites (N-methyl/N-ethyl adjacent to an activating group) is 1. The van der Waals surface area contributed by atoms with Crippen LogP contribution in [0, 0.1) is 30.3 Å². The summed E-state index contributed by atoms with van der Waals surface area (Å²) in [4.78, 5) is 30.0. The van der Waals surface area contributed by atoms with Gasteiger partial charge in [0.15, 0.2) is 11.5 Å². The minimum atomic E-state index is -1.21. The van der Waals surface area contributed by atoms with Crippen molar-refractivity contribution in [3.63, 3.8) is 0 Å². The fourth-order valence-corrected chi connectivity index (χ4v) is 3.40. The van der Waals surface area contributed by atoms with Gasteiger partial charge in [0, 0.05) is 18.2 Å². The van der Waals surface area contributed by atoms with Crippen LogP contribution in [0.2, 0.25) is 0 Å². The number of fused-ring (bicyclic) bond motifs is 1. The van der Waals surface area contributed by atoms with Crippen LogP contribution in [-0.4, -0.2) is 57.7 Å². The van der Waals surface area contributed by atoms with Crippen molar-refractivity contribution in [2.45, 2.75) is 19.4 Å². The first kappa shape index (κ1) is 25.1. The Labute approximate surface area is 187 Å². The highest BCUT2D eigenvalue weighted by Crippen LogP contribution is 2.46. The van der Waals surface area contributed by atoms with E-state index < -0.39 is 37.6 Å². The van der Waals surface area contributed by atoms with E-state index >= 15 is 0 Å². The number of phenolic OH excluding ortho intramolecular Hbond substituents is 2. The van der Waals surface area contributed by atoms with Crippen LogP contribution in [0.5, 0.6) is 23.0 Å². The molecule has 1 aliphatic heterocycles. The number of methoxy groups -OCH3 is 2. The number of nitro benzene ring substituents is 3. The summed E-state index contributed by atoms with van der Waals surface area (Å²) in [7, 11) is 5.19. The predicted molar refractivity (Wildman–Crippen MR) is 114 cm³/mol. The molecule has 0 saturated carbocycles. The fraction of sp³-hybridized carbons (Fsp3) is 0.368. The smallest absolute Gasteiger partial charge is 0.324 e. The molecule has 1 aliphatic rings. The van der Waals surface area contributed by atoms with Crippen molar-refractivity contribution in [2.75, 3.05) is 27.8 Å². The number of benzene rings is 2. The van der Waals surface area contributed by atoms with Gasteiger partial charge in [-0.3, -0.25) is 35.2 Å². The van der Waals surface area contributed by atoms with Crippen LogP contribution in [0.1, 0.15) is 24.1 Å². The van der Waals surface area contributed by atoms with E-state index in [0.29, 0.717) is 23.6 Å². The third-order valence-electron chi connectivity index (χ3n) is 5.24. The Morgan fingerprint density at radius 3 is 1.91 bits per heavy atom. The van der Waals surface area contributed by atoms with Gasteiger partial charge in [-0.1, -0.05) is 0 Å². The van der Waals surface area contributed by atoms with Crippen LogP contribution < -0.4 is 9.47 Å². The lowest BCUT2D eigenvalue weighted by Gasteiger charge is -2.33. The standard InChI is InChI=1S/C13H19NO3.C6H3N3O7/c1-8-11-9(5-6-14(8)2)7-10(16-3)13(17-4)12(11)15;10-6-4(8(13)14)1-3(7(11)12)2-5(6)9(15)16/h7-8,15H,5-6H2,1-4H3;1-2,10H/t8-;/m0./s1. The largest absolute Gasteiger partial charge is 0.504 e. The number of hydrogen-bond acceptors (Lipinski definition) is 11. The minimum absolute atomic E-state index is 0.193. The maximum Gasteiger partial charge on any atom is 0.324 e. The molecule has 178 valence electrons. The van der Waals surface area contributed by atoms with E-state index in [1.54, 1.807) is 14.2 Å². The van der Waals surface area contributed by atoms with E-state index in [4.69, 9.17) is 14.6 Å². The number of nitrogens with zero attached hydrogens (tertiary/aromatic N) is 4. The molecule has 14 nitrogen and oxygen atoms in total. The summed E-state index contributed by atoms with van der Waals surface area (Å²) in [6.07, 6.45) is 0.921. The summed E-state index contributed by atoms with van der Waals surface area (Å²) in [6.45, 7) is 3.08. The first-order valence-corrected chi connectivity index (χ1v) is 9.41. The quantitative estimate of drug-likeness (QED) is 0.486. The Morgan fingerprint density at radius 1 is 0.939 bits per heavy atom. The molecule has 3 rings (SSSR count). The first-order chi connectivity index (χ1) is 15.4. The van der Waals surface area contributed by atoms with Crippen LogP contribution >= 0.6 is 0 Å². The molecule has 0 fully saturated rings. The molecule has 0 aromatic heterocycles. The zero-order valence-electron chi connectivity index (χ0n) is 18.2. The Balaban J connectivity index is 0.000000234. The monoisotopic (exact) mass is 466 g/mol. The average Bonchev–Trinajstić information content (AvgIpc) is 2.75. The maximum absolute atomic E-state index is 10.4. The van der Waals surface area contributed by atoms with Gasteiger partial charge >= 0.3 is 11.4 Å². The Kier molecular flexibility index (Phi) is 7.56. The third kappa shape index (κ3) is 5.01. The molecule has 2 aromatic rings. The topological polar surface area (TPSA) is 192 Å². The molecule has 0 radical (unpaired) electrons. The lowest BCUT2D eigenvalue weighted by molar-refractivity contribution is -0.404. The Bertz CT molecular complexity index is 1070. The van der Waals surface area contributed by atoms with Crippen molar-refractivity contribution in [3.05, 3.63) is 59.7 Å². The normalized spacial score (nSPS) is 15.0. The zero-order chi connectivity index (χ0) is 25.0. The Hall–Kier alpha value is -4.20. The van der Waals surface area contributed by atoms with Crippen molar-refractivity contribution in [1.82, 2.24) is 4.90 Å². The number of phenols is 2. The molecule has 0 bridgehead atoms. The number of ether oxygens (including phenoxy) is 2. The molecule has 0 spiro atoms. The molecule has 1 heterocycles. The van der Waals surface area contributed by atoms with Crippen molar-refractivity contribution < 1.29 is 34.5 Å². The molecule has 2 N–H and O–H groups in total. The van der Waals surface area contributed by atoms with E-state index in [1.165, 1.54) is 0 Å². The molecule has 2 aromatic carbocycles. The number of aromatic hydroxyl groups is 2. The van der Waals surface area contributed by atoms with Crippen molar-refractivity contribution in [2.24, 2.45) is 0 Å². The third-order valence-corrected chi connectivity index (χ3v) is 5.24. The van der Waals surface area contributed by atoms with Crippen LogP contribution in [0.3, 0.4) is 0 Å². The summed E-state index contributed by atoms with van der Waals surface area (Å²) < 4.78 is 10.5. The van der Waals surface area contributed by atoms with Crippen molar-refractivity contribution in [3.8, 4) is 23.0 Å². The summed E-state index contributed by atoms with van der Waals surface area (Å²) >= 11 is 0. The molecule has 33 heavy (non-hydrogen) atoms. The van der Waals surface area contributed by atoms with Gasteiger partial charge < -0.3 is 19.7 Å².